The normalized spacial score (nSPS) is 18.0. The minimum Gasteiger partial charge on any atom is -0.348 e. The maximum absolute atomic E-state index is 12.8. The first kappa shape index (κ1) is 15.5. The molecule has 4 heteroatoms. The van der Waals surface area contributed by atoms with Gasteiger partial charge in [-0.05, 0) is 31.5 Å². The fraction of sp³-hybridized carbons (Fsp3) is 0.529. The number of carbonyl (C=O) groups is 1. The zero-order valence-electron chi connectivity index (χ0n) is 12.9. The maximum Gasteiger partial charge on any atom is 0.232 e. The summed E-state index contributed by atoms with van der Waals surface area (Å²) in [7, 11) is 3.66. The molecule has 1 fully saturated rings. The Morgan fingerprint density at radius 1 is 1.29 bits per heavy atom. The number of hydrogen-bond donors (Lipinski definition) is 0. The van der Waals surface area contributed by atoms with Crippen LogP contribution < -0.4 is 0 Å². The van der Waals surface area contributed by atoms with Crippen molar-refractivity contribution >= 4 is 5.91 Å². The van der Waals surface area contributed by atoms with Crippen molar-refractivity contribution in [1.29, 1.82) is 5.26 Å². The zero-order valence-corrected chi connectivity index (χ0v) is 12.9. The molecule has 0 N–H and O–H groups in total. The summed E-state index contributed by atoms with van der Waals surface area (Å²) in [5.74, 6) is 0.189. The minimum atomic E-state index is -0.409. The highest BCUT2D eigenvalue weighted by atomic mass is 16.2. The Bertz CT molecular complexity index is 511. The average Bonchev–Trinajstić information content (AvgIpc) is 2.53. The van der Waals surface area contributed by atoms with Gasteiger partial charge in [0.2, 0.25) is 5.91 Å². The van der Waals surface area contributed by atoms with E-state index in [4.69, 9.17) is 5.26 Å². The summed E-state index contributed by atoms with van der Waals surface area (Å²) in [5.41, 5.74) is 0.706. The Labute approximate surface area is 127 Å². The van der Waals surface area contributed by atoms with Crippen molar-refractivity contribution in [2.24, 2.45) is 0 Å². The van der Waals surface area contributed by atoms with Crippen LogP contribution >= 0.6 is 0 Å². The highest BCUT2D eigenvalue weighted by Crippen LogP contribution is 2.37. The van der Waals surface area contributed by atoms with Crippen molar-refractivity contribution < 1.29 is 4.79 Å². The van der Waals surface area contributed by atoms with E-state index in [9.17, 15) is 4.79 Å². The van der Waals surface area contributed by atoms with Gasteiger partial charge in [-0.25, -0.2) is 0 Å². The van der Waals surface area contributed by atoms with Crippen molar-refractivity contribution in [2.75, 3.05) is 33.7 Å². The summed E-state index contributed by atoms with van der Waals surface area (Å²) in [6, 6.07) is 12.3. The molecule has 1 aromatic rings. The number of likely N-dealkylation sites (tertiary alicyclic amines) is 1. The third-order valence-corrected chi connectivity index (χ3v) is 4.39. The molecule has 0 aliphatic carbocycles. The minimum absolute atomic E-state index is 0.189. The lowest BCUT2D eigenvalue weighted by atomic mass is 9.71. The van der Waals surface area contributed by atoms with Crippen LogP contribution in [-0.2, 0) is 10.2 Å². The highest BCUT2D eigenvalue weighted by Gasteiger charge is 2.43. The Morgan fingerprint density at radius 2 is 1.90 bits per heavy atom. The van der Waals surface area contributed by atoms with Gasteiger partial charge >= 0.3 is 0 Å². The van der Waals surface area contributed by atoms with E-state index in [-0.39, 0.29) is 5.91 Å². The Kier molecular flexibility index (Phi) is 4.98. The summed E-state index contributed by atoms with van der Waals surface area (Å²) in [6.45, 7) is 2.55. The van der Waals surface area contributed by atoms with Gasteiger partial charge in [0, 0.05) is 27.1 Å². The molecule has 0 unspecified atom stereocenters. The number of hydrogen-bond acceptors (Lipinski definition) is 3. The van der Waals surface area contributed by atoms with Gasteiger partial charge in [0.15, 0.2) is 0 Å². The standard InChI is InChI=1S/C17H23N3O/c1-19(2)16(21)17(15-7-4-3-5-8-15)9-13-20(14-10-17)12-6-11-18/h3-5,7-8H,6,9-10,12-14H2,1-2H3. The molecule has 0 aromatic heterocycles. The van der Waals surface area contributed by atoms with Gasteiger partial charge in [0.1, 0.15) is 0 Å². The van der Waals surface area contributed by atoms with Crippen molar-refractivity contribution in [1.82, 2.24) is 9.80 Å². The largest absolute Gasteiger partial charge is 0.348 e. The lowest BCUT2D eigenvalue weighted by Crippen LogP contribution is -2.51. The van der Waals surface area contributed by atoms with Crippen LogP contribution in [0.5, 0.6) is 0 Å². The van der Waals surface area contributed by atoms with Crippen LogP contribution in [0, 0.1) is 11.3 Å². The van der Waals surface area contributed by atoms with E-state index in [1.165, 1.54) is 0 Å². The molecule has 21 heavy (non-hydrogen) atoms. The van der Waals surface area contributed by atoms with Crippen molar-refractivity contribution in [3.05, 3.63) is 35.9 Å². The fourth-order valence-electron chi connectivity index (χ4n) is 3.18. The summed E-state index contributed by atoms with van der Waals surface area (Å²) < 4.78 is 0. The Morgan fingerprint density at radius 3 is 2.43 bits per heavy atom. The lowest BCUT2D eigenvalue weighted by Gasteiger charge is -2.42. The van der Waals surface area contributed by atoms with E-state index >= 15 is 0 Å². The molecule has 1 saturated heterocycles. The van der Waals surface area contributed by atoms with Crippen molar-refractivity contribution in [2.45, 2.75) is 24.7 Å². The third-order valence-electron chi connectivity index (χ3n) is 4.39. The lowest BCUT2D eigenvalue weighted by molar-refractivity contribution is -0.136. The summed E-state index contributed by atoms with van der Waals surface area (Å²) in [6.07, 6.45) is 2.19. The van der Waals surface area contributed by atoms with E-state index in [0.29, 0.717) is 6.42 Å². The van der Waals surface area contributed by atoms with Crippen molar-refractivity contribution in [3.63, 3.8) is 0 Å². The van der Waals surface area contributed by atoms with E-state index in [0.717, 1.165) is 38.0 Å². The van der Waals surface area contributed by atoms with E-state index in [2.05, 4.69) is 23.1 Å². The molecule has 1 amide bonds. The van der Waals surface area contributed by atoms with Gasteiger partial charge in [0.25, 0.3) is 0 Å². The number of carbonyl (C=O) groups excluding carboxylic acids is 1. The first-order valence-corrected chi connectivity index (χ1v) is 7.47. The van der Waals surface area contributed by atoms with Crippen LogP contribution in [-0.4, -0.2) is 49.4 Å². The van der Waals surface area contributed by atoms with Gasteiger partial charge in [0.05, 0.1) is 11.5 Å². The molecule has 0 saturated carbocycles. The molecule has 1 aliphatic rings. The summed E-state index contributed by atoms with van der Waals surface area (Å²) in [4.78, 5) is 16.8. The second kappa shape index (κ2) is 6.73. The van der Waals surface area contributed by atoms with E-state index in [1.807, 2.05) is 32.3 Å². The quantitative estimate of drug-likeness (QED) is 0.850. The second-order valence-corrected chi connectivity index (χ2v) is 5.90. The number of benzene rings is 1. The van der Waals surface area contributed by atoms with Gasteiger partial charge in [-0.3, -0.25) is 4.79 Å². The maximum atomic E-state index is 12.8. The highest BCUT2D eigenvalue weighted by molar-refractivity contribution is 5.88. The van der Waals surface area contributed by atoms with Crippen molar-refractivity contribution in [3.8, 4) is 6.07 Å². The van der Waals surface area contributed by atoms with Gasteiger partial charge in [-0.1, -0.05) is 30.3 Å². The van der Waals surface area contributed by atoms with Gasteiger partial charge in [-0.15, -0.1) is 0 Å². The molecule has 2 rings (SSSR count). The molecule has 0 bridgehead atoms. The number of amides is 1. The molecule has 1 aromatic carbocycles. The van der Waals surface area contributed by atoms with E-state index in [1.54, 1.807) is 4.90 Å². The van der Waals surface area contributed by atoms with Crippen LogP contribution in [0.25, 0.3) is 0 Å². The summed E-state index contributed by atoms with van der Waals surface area (Å²) >= 11 is 0. The second-order valence-electron chi connectivity index (χ2n) is 5.90. The number of rotatable bonds is 4. The molecule has 112 valence electrons. The van der Waals surface area contributed by atoms with Gasteiger partial charge in [-0.2, -0.15) is 5.26 Å². The van der Waals surface area contributed by atoms with E-state index < -0.39 is 5.41 Å². The number of piperidine rings is 1. The Balaban J connectivity index is 2.21. The first-order valence-electron chi connectivity index (χ1n) is 7.47. The molecular weight excluding hydrogens is 262 g/mol. The monoisotopic (exact) mass is 285 g/mol. The number of nitrogens with zero attached hydrogens (tertiary/aromatic N) is 3. The SMILES string of the molecule is CN(C)C(=O)C1(c2ccccc2)CCN(CCC#N)CC1. The average molecular weight is 285 g/mol. The van der Waals surface area contributed by atoms with Crippen LogP contribution in [0.4, 0.5) is 0 Å². The summed E-state index contributed by atoms with van der Waals surface area (Å²) in [5, 5.41) is 8.70. The zero-order chi connectivity index (χ0) is 15.3. The number of nitriles is 1. The molecule has 0 radical (unpaired) electrons. The fourth-order valence-corrected chi connectivity index (χ4v) is 3.18. The third kappa shape index (κ3) is 3.25. The molecule has 0 atom stereocenters. The first-order chi connectivity index (χ1) is 10.1. The Hall–Kier alpha value is -1.86. The van der Waals surface area contributed by atoms with Crippen LogP contribution in [0.1, 0.15) is 24.8 Å². The predicted octanol–water partition coefficient (Wildman–Crippen LogP) is 2.02. The predicted molar refractivity (Wildman–Crippen MR) is 82.7 cm³/mol. The molecule has 4 nitrogen and oxygen atoms in total. The van der Waals surface area contributed by atoms with Crippen LogP contribution in [0.15, 0.2) is 30.3 Å². The molecule has 1 heterocycles. The molecule has 1 aliphatic heterocycles. The smallest absolute Gasteiger partial charge is 0.232 e. The van der Waals surface area contributed by atoms with Crippen LogP contribution in [0.2, 0.25) is 0 Å². The number of likely N-dealkylation sites (N-methyl/N-ethyl adjacent to an activating group) is 1. The molecular formula is C17H23N3O. The van der Waals surface area contributed by atoms with Gasteiger partial charge < -0.3 is 9.80 Å². The molecule has 0 spiro atoms. The topological polar surface area (TPSA) is 47.3 Å². The van der Waals surface area contributed by atoms with Crippen LogP contribution in [0.3, 0.4) is 0 Å².